The molecule has 3 aromatic carbocycles. The molecule has 0 saturated heterocycles. The first-order valence-corrected chi connectivity index (χ1v) is 10.5. The Labute approximate surface area is 197 Å². The Hall–Kier alpha value is -4.51. The van der Waals surface area contributed by atoms with Crippen LogP contribution in [0, 0.1) is 11.3 Å². The average molecular weight is 460 g/mol. The van der Waals surface area contributed by atoms with Gasteiger partial charge in [-0.1, -0.05) is 6.07 Å². The number of nitrogens with zero attached hydrogens (tertiary/aromatic N) is 1. The van der Waals surface area contributed by atoms with Gasteiger partial charge in [-0.05, 0) is 73.2 Å². The van der Waals surface area contributed by atoms with Gasteiger partial charge in [-0.25, -0.2) is 4.79 Å². The van der Waals surface area contributed by atoms with Crippen LogP contribution < -0.4 is 19.5 Å². The lowest BCUT2D eigenvalue weighted by molar-refractivity contribution is -0.138. The zero-order valence-corrected chi connectivity index (χ0v) is 18.8. The number of nitriles is 1. The van der Waals surface area contributed by atoms with E-state index < -0.39 is 12.0 Å². The van der Waals surface area contributed by atoms with Crippen molar-refractivity contribution < 1.29 is 28.9 Å². The second kappa shape index (κ2) is 11.4. The molecule has 2 N–H and O–H groups in total. The molecule has 0 fully saturated rings. The van der Waals surface area contributed by atoms with Crippen LogP contribution in [0.1, 0.15) is 34.5 Å². The fourth-order valence-electron chi connectivity index (χ4n) is 3.19. The van der Waals surface area contributed by atoms with Crippen LogP contribution in [-0.2, 0) is 4.79 Å². The number of carbonyl (C=O) groups excluding carboxylic acids is 1. The Kier molecular flexibility index (Phi) is 8.08. The number of hydrogen-bond acceptors (Lipinski definition) is 7. The van der Waals surface area contributed by atoms with Crippen molar-refractivity contribution in [1.29, 1.82) is 5.26 Å². The van der Waals surface area contributed by atoms with Gasteiger partial charge in [-0.3, -0.25) is 4.79 Å². The molecule has 3 rings (SSSR count). The van der Waals surface area contributed by atoms with Gasteiger partial charge < -0.3 is 24.6 Å². The topological polar surface area (TPSA) is 118 Å². The van der Waals surface area contributed by atoms with Gasteiger partial charge in [0.25, 0.3) is 0 Å². The highest BCUT2D eigenvalue weighted by atomic mass is 16.5. The number of rotatable bonds is 11. The Morgan fingerprint density at radius 1 is 1.00 bits per heavy atom. The van der Waals surface area contributed by atoms with Crippen molar-refractivity contribution in [2.75, 3.05) is 25.6 Å². The summed E-state index contributed by atoms with van der Waals surface area (Å²) in [6.07, 6.45) is 0. The first-order chi connectivity index (χ1) is 16.4. The molecule has 0 aliphatic heterocycles. The van der Waals surface area contributed by atoms with Crippen molar-refractivity contribution in [3.05, 3.63) is 83.4 Å². The van der Waals surface area contributed by atoms with E-state index in [0.29, 0.717) is 46.2 Å². The smallest absolute Gasteiger partial charge is 0.330 e. The largest absolute Gasteiger partial charge is 0.497 e. The molecule has 0 amide bonds. The monoisotopic (exact) mass is 460 g/mol. The molecule has 8 nitrogen and oxygen atoms in total. The Bertz CT molecular complexity index is 1180. The zero-order chi connectivity index (χ0) is 24.5. The van der Waals surface area contributed by atoms with E-state index in [1.54, 1.807) is 80.8 Å². The molecule has 1 atom stereocenters. The van der Waals surface area contributed by atoms with Gasteiger partial charge >= 0.3 is 5.97 Å². The van der Waals surface area contributed by atoms with Crippen molar-refractivity contribution >= 4 is 17.4 Å². The number of benzene rings is 3. The minimum absolute atomic E-state index is 0.211. The summed E-state index contributed by atoms with van der Waals surface area (Å²) in [6.45, 7) is 1.91. The number of aliphatic carboxylic acids is 1. The van der Waals surface area contributed by atoms with Gasteiger partial charge in [0, 0.05) is 11.3 Å². The lowest BCUT2D eigenvalue weighted by Crippen LogP contribution is -2.20. The number of anilines is 1. The van der Waals surface area contributed by atoms with Gasteiger partial charge in [0.2, 0.25) is 0 Å². The molecule has 0 saturated carbocycles. The maximum atomic E-state index is 12.5. The third-order valence-electron chi connectivity index (χ3n) is 4.94. The van der Waals surface area contributed by atoms with Crippen LogP contribution in [0.2, 0.25) is 0 Å². The number of Topliss-reactive ketones (excluding diaryl/α,β-unsaturated/α-hetero) is 1. The van der Waals surface area contributed by atoms with Gasteiger partial charge in [0.05, 0.1) is 25.3 Å². The van der Waals surface area contributed by atoms with E-state index in [4.69, 9.17) is 19.5 Å². The molecule has 0 radical (unpaired) electrons. The van der Waals surface area contributed by atoms with Crippen molar-refractivity contribution in [1.82, 2.24) is 0 Å². The zero-order valence-electron chi connectivity index (χ0n) is 18.8. The van der Waals surface area contributed by atoms with Crippen molar-refractivity contribution in [3.63, 3.8) is 0 Å². The summed E-state index contributed by atoms with van der Waals surface area (Å²) in [7, 11) is 1.55. The first-order valence-electron chi connectivity index (χ1n) is 10.5. The van der Waals surface area contributed by atoms with E-state index in [2.05, 4.69) is 5.32 Å². The second-order valence-corrected chi connectivity index (χ2v) is 7.18. The molecule has 34 heavy (non-hydrogen) atoms. The second-order valence-electron chi connectivity index (χ2n) is 7.18. The van der Waals surface area contributed by atoms with E-state index in [-0.39, 0.29) is 12.4 Å². The number of ketones is 1. The van der Waals surface area contributed by atoms with E-state index in [9.17, 15) is 14.7 Å². The predicted molar refractivity (Wildman–Crippen MR) is 126 cm³/mol. The summed E-state index contributed by atoms with van der Waals surface area (Å²) in [4.78, 5) is 24.4. The molecule has 0 bridgehead atoms. The number of methoxy groups -OCH3 is 1. The molecule has 1 unspecified atom stereocenters. The fourth-order valence-corrected chi connectivity index (χ4v) is 3.19. The highest BCUT2D eigenvalue weighted by Crippen LogP contribution is 2.32. The van der Waals surface area contributed by atoms with E-state index in [1.807, 2.05) is 6.07 Å². The summed E-state index contributed by atoms with van der Waals surface area (Å²) in [6, 6.07) is 18.9. The maximum absolute atomic E-state index is 12.5. The lowest BCUT2D eigenvalue weighted by atomic mass is 10.1. The number of carboxylic acid groups (broad SMARTS) is 1. The van der Waals surface area contributed by atoms with Crippen LogP contribution in [-0.4, -0.2) is 37.2 Å². The molecular weight excluding hydrogens is 436 g/mol. The molecule has 0 aliphatic carbocycles. The van der Waals surface area contributed by atoms with Crippen LogP contribution in [0.3, 0.4) is 0 Å². The Morgan fingerprint density at radius 2 is 1.71 bits per heavy atom. The molecule has 0 aromatic heterocycles. The highest BCUT2D eigenvalue weighted by molar-refractivity contribution is 5.97. The quantitative estimate of drug-likeness (QED) is 0.403. The fraction of sp³-hybridized carbons (Fsp3) is 0.192. The average Bonchev–Trinajstić information content (AvgIpc) is 2.86. The normalized spacial score (nSPS) is 11.1. The van der Waals surface area contributed by atoms with Crippen LogP contribution >= 0.6 is 0 Å². The minimum atomic E-state index is -1.09. The summed E-state index contributed by atoms with van der Waals surface area (Å²) in [5, 5.41) is 21.7. The van der Waals surface area contributed by atoms with E-state index in [1.165, 1.54) is 0 Å². The Balaban J connectivity index is 1.77. The van der Waals surface area contributed by atoms with E-state index in [0.717, 1.165) is 0 Å². The summed E-state index contributed by atoms with van der Waals surface area (Å²) in [5.74, 6) is -0.00472. The van der Waals surface area contributed by atoms with Gasteiger partial charge in [-0.2, -0.15) is 5.26 Å². The van der Waals surface area contributed by atoms with Crippen molar-refractivity contribution in [2.45, 2.75) is 13.0 Å². The third-order valence-corrected chi connectivity index (χ3v) is 4.94. The van der Waals surface area contributed by atoms with Crippen molar-refractivity contribution in [2.24, 2.45) is 0 Å². The van der Waals surface area contributed by atoms with Crippen LogP contribution in [0.25, 0.3) is 0 Å². The number of hydrogen-bond donors (Lipinski definition) is 2. The van der Waals surface area contributed by atoms with Gasteiger partial charge in [0.15, 0.2) is 29.9 Å². The van der Waals surface area contributed by atoms with Gasteiger partial charge in [0.1, 0.15) is 5.75 Å². The molecule has 3 aromatic rings. The molecule has 0 aliphatic rings. The predicted octanol–water partition coefficient (Wildman–Crippen LogP) is 4.47. The summed E-state index contributed by atoms with van der Waals surface area (Å²) >= 11 is 0. The minimum Gasteiger partial charge on any atom is -0.497 e. The van der Waals surface area contributed by atoms with Gasteiger partial charge in [-0.15, -0.1) is 0 Å². The van der Waals surface area contributed by atoms with Crippen LogP contribution in [0.4, 0.5) is 5.69 Å². The molecule has 0 spiro atoms. The molecule has 8 heteroatoms. The van der Waals surface area contributed by atoms with Crippen LogP contribution in [0.5, 0.6) is 17.2 Å². The number of ether oxygens (including phenoxy) is 3. The summed E-state index contributed by atoms with van der Waals surface area (Å²) in [5.41, 5.74) is 1.94. The SMILES string of the molecule is CCOc1cc(C(Nc2ccc(C#N)cc2)C(=O)O)ccc1OCC(=O)c1ccc(OC)cc1. The molecular formula is C26H24N2O6. The van der Waals surface area contributed by atoms with Crippen LogP contribution in [0.15, 0.2) is 66.7 Å². The third kappa shape index (κ3) is 6.04. The number of nitrogens with one attached hydrogen (secondary N) is 1. The number of carbonyl (C=O) groups is 2. The number of carboxylic acids is 1. The lowest BCUT2D eigenvalue weighted by Gasteiger charge is -2.19. The first kappa shape index (κ1) is 24.1. The molecule has 174 valence electrons. The maximum Gasteiger partial charge on any atom is 0.330 e. The van der Waals surface area contributed by atoms with E-state index >= 15 is 0 Å². The highest BCUT2D eigenvalue weighted by Gasteiger charge is 2.22. The Morgan fingerprint density at radius 3 is 2.29 bits per heavy atom. The molecule has 0 heterocycles. The summed E-state index contributed by atoms with van der Waals surface area (Å²) < 4.78 is 16.4. The standard InChI is InChI=1S/C26H24N2O6/c1-3-33-24-14-19(25(26(30)31)28-20-9-4-17(15-27)5-10-20)8-13-23(24)34-16-22(29)18-6-11-21(32-2)12-7-18/h4-14,25,28H,3,16H2,1-2H3,(H,30,31). The van der Waals surface area contributed by atoms with Crippen molar-refractivity contribution in [3.8, 4) is 23.3 Å².